The average Bonchev–Trinajstić information content (AvgIpc) is 0.862. The quantitative estimate of drug-likeness (QED) is 0.0141. The summed E-state index contributed by atoms with van der Waals surface area (Å²) in [6.07, 6.45) is 28.3. The minimum Gasteiger partial charge on any atom is -0.495 e. The van der Waals surface area contributed by atoms with E-state index in [0.717, 1.165) is 167 Å². The summed E-state index contributed by atoms with van der Waals surface area (Å²) in [6.45, 7) is 15.1. The van der Waals surface area contributed by atoms with Gasteiger partial charge in [-0.3, -0.25) is 19.2 Å². The summed E-state index contributed by atoms with van der Waals surface area (Å²) >= 11 is 0. The summed E-state index contributed by atoms with van der Waals surface area (Å²) < 4.78 is 44.2. The number of hydrogen-bond donors (Lipinski definition) is 7. The van der Waals surface area contributed by atoms with Crippen molar-refractivity contribution < 1.29 is 52.3 Å². The van der Waals surface area contributed by atoms with Gasteiger partial charge in [0.25, 0.3) is 23.6 Å². The molecule has 4 amide bonds. The molecule has 0 saturated carbocycles. The molecule has 18 nitrogen and oxygen atoms in total. The molecule has 0 atom stereocenters. The monoisotopic (exact) mass is 1290 g/mol. The van der Waals surface area contributed by atoms with Gasteiger partial charge in [-0.05, 0) is 99.2 Å². The lowest BCUT2D eigenvalue weighted by atomic mass is 10.0. The molecule has 5 aromatic rings. The molecule has 0 aliphatic heterocycles. The van der Waals surface area contributed by atoms with Gasteiger partial charge in [0.1, 0.15) is 40.2 Å². The first-order valence-electron chi connectivity index (χ1n) is 34.9. The first kappa shape index (κ1) is 75.7. The molecule has 0 aromatic heterocycles. The molecular formula is C75H111N7O11. The molecule has 18 heteroatoms. The van der Waals surface area contributed by atoms with Gasteiger partial charge in [-0.25, -0.2) is 0 Å². The molecule has 93 heavy (non-hydrogen) atoms. The fraction of sp³-hybridized carbons (Fsp3) is 0.547. The zero-order chi connectivity index (χ0) is 67.0. The van der Waals surface area contributed by atoms with E-state index in [1.165, 1.54) is 32.1 Å². The van der Waals surface area contributed by atoms with Gasteiger partial charge in [-0.2, -0.15) is 0 Å². The van der Waals surface area contributed by atoms with E-state index in [-0.39, 0.29) is 56.4 Å². The first-order valence-corrected chi connectivity index (χ1v) is 34.9. The number of amides is 4. The summed E-state index contributed by atoms with van der Waals surface area (Å²) in [5.41, 5.74) is 21.2. The number of unbranched alkanes of at least 4 members (excludes halogenated alkanes) is 22. The van der Waals surface area contributed by atoms with Crippen molar-refractivity contribution in [3.8, 4) is 40.2 Å². The number of benzene rings is 5. The van der Waals surface area contributed by atoms with Crippen LogP contribution in [0.2, 0.25) is 0 Å². The maximum absolute atomic E-state index is 15.1. The molecular weight excluding hydrogens is 1170 g/mol. The van der Waals surface area contributed by atoms with Crippen LogP contribution in [0.5, 0.6) is 40.2 Å². The topological polar surface area (TPSA) is 259 Å². The van der Waals surface area contributed by atoms with Gasteiger partial charge < -0.3 is 71.6 Å². The number of methoxy groups -OCH3 is 1. The minimum absolute atomic E-state index is 0.0721. The molecule has 5 rings (SSSR count). The standard InChI is InChI=1S/C75H111N7O11/c1-8-14-20-24-28-32-42-90-67-52-69(92-44-34-30-26-22-16-10-3)63(50-61(67)79-72(83)57-46-54(76)36-38-65(57)88-40-18-12-5)81-74(85)59-48-56(78)49-60(71(59)87-7)75(86)82-64-51-62(80-73(84)58-47-55(77)37-39-66(58)89-41-19-13-6)68(91-43-33-29-25-21-15-9-2)53-70(64)93-45-35-31-27-23-17-11-4/h36-39,46-53H,8-35,40-45,76-78H2,1-7H3,(H,79,83)(H,80,84)(H,81,85)(H,82,86). The lowest BCUT2D eigenvalue weighted by Crippen LogP contribution is -2.20. The fourth-order valence-electron chi connectivity index (χ4n) is 10.6. The average molecular weight is 1290 g/mol. The number of carbonyl (C=O) groups excluding carboxylic acids is 4. The molecule has 0 saturated heterocycles. The highest BCUT2D eigenvalue weighted by Crippen LogP contribution is 2.42. The number of hydrogen-bond acceptors (Lipinski definition) is 14. The second kappa shape index (κ2) is 43.7. The second-order valence-corrected chi connectivity index (χ2v) is 24.0. The van der Waals surface area contributed by atoms with Gasteiger partial charge in [0, 0.05) is 29.2 Å². The Labute approximate surface area is 555 Å². The van der Waals surface area contributed by atoms with Crippen LogP contribution in [0, 0.1) is 0 Å². The molecule has 0 aliphatic rings. The SMILES string of the molecule is CCCCCCCCOc1cc(OCCCCCCCC)c(NC(=O)c2cc(N)cc(C(=O)Nc3cc(NC(=O)c4cc(N)ccc4OCCCC)c(OCCCCCCCC)cc3OCCCCCCCC)c2OC)cc1NC(=O)c1cc(N)ccc1OCCCC. The first-order chi connectivity index (χ1) is 45.3. The highest BCUT2D eigenvalue weighted by atomic mass is 16.5. The van der Waals surface area contributed by atoms with Gasteiger partial charge in [0.05, 0.1) is 91.8 Å². The summed E-state index contributed by atoms with van der Waals surface area (Å²) in [5.74, 6) is -0.472. The van der Waals surface area contributed by atoms with Gasteiger partial charge in [0.2, 0.25) is 0 Å². The van der Waals surface area contributed by atoms with Crippen molar-refractivity contribution in [1.82, 2.24) is 0 Å². The summed E-state index contributed by atoms with van der Waals surface area (Å²) in [7, 11) is 1.36. The molecule has 0 radical (unpaired) electrons. The normalized spacial score (nSPS) is 11.0. The molecule has 512 valence electrons. The smallest absolute Gasteiger partial charge is 0.259 e. The maximum atomic E-state index is 15.1. The fourth-order valence-corrected chi connectivity index (χ4v) is 10.6. The molecule has 0 fully saturated rings. The number of nitrogen functional groups attached to an aromatic ring is 3. The van der Waals surface area contributed by atoms with Crippen molar-refractivity contribution >= 4 is 63.4 Å². The number of nitrogens with two attached hydrogens (primary N) is 3. The van der Waals surface area contributed by atoms with E-state index < -0.39 is 23.6 Å². The Kier molecular flexibility index (Phi) is 35.6. The highest BCUT2D eigenvalue weighted by molar-refractivity contribution is 6.15. The minimum atomic E-state index is -0.697. The summed E-state index contributed by atoms with van der Waals surface area (Å²) in [6, 6.07) is 19.3. The third-order valence-corrected chi connectivity index (χ3v) is 16.0. The van der Waals surface area contributed by atoms with Crippen LogP contribution in [0.15, 0.2) is 72.8 Å². The third kappa shape index (κ3) is 26.5. The van der Waals surface area contributed by atoms with Gasteiger partial charge in [0.15, 0.2) is 0 Å². The number of ether oxygens (including phenoxy) is 7. The van der Waals surface area contributed by atoms with Crippen molar-refractivity contribution in [2.24, 2.45) is 0 Å². The second-order valence-electron chi connectivity index (χ2n) is 24.0. The van der Waals surface area contributed by atoms with E-state index in [9.17, 15) is 9.59 Å². The van der Waals surface area contributed by atoms with E-state index >= 15 is 9.59 Å². The molecule has 0 bridgehead atoms. The molecule has 10 N–H and O–H groups in total. The Morgan fingerprint density at radius 1 is 0.290 bits per heavy atom. The largest absolute Gasteiger partial charge is 0.495 e. The van der Waals surface area contributed by atoms with Crippen molar-refractivity contribution in [1.29, 1.82) is 0 Å². The van der Waals surface area contributed by atoms with Gasteiger partial charge in [-0.1, -0.05) is 183 Å². The van der Waals surface area contributed by atoms with Crippen LogP contribution in [0.1, 0.15) is 263 Å². The van der Waals surface area contributed by atoms with Crippen molar-refractivity contribution in [3.05, 3.63) is 95.1 Å². The number of nitrogens with one attached hydrogen (secondary N) is 4. The Morgan fingerprint density at radius 2 is 0.538 bits per heavy atom. The molecule has 0 spiro atoms. The van der Waals surface area contributed by atoms with Crippen LogP contribution in [0.25, 0.3) is 0 Å². The summed E-state index contributed by atoms with van der Waals surface area (Å²) in [4.78, 5) is 59.1. The maximum Gasteiger partial charge on any atom is 0.259 e. The van der Waals surface area contributed by atoms with Crippen LogP contribution in [0.4, 0.5) is 39.8 Å². The Bertz CT molecular complexity index is 2870. The van der Waals surface area contributed by atoms with E-state index in [4.69, 9.17) is 50.4 Å². The molecule has 0 unspecified atom stereocenters. The van der Waals surface area contributed by atoms with Crippen molar-refractivity contribution in [3.63, 3.8) is 0 Å². The number of rotatable bonds is 49. The predicted molar refractivity (Wildman–Crippen MR) is 380 cm³/mol. The van der Waals surface area contributed by atoms with Crippen LogP contribution < -0.4 is 71.6 Å². The lowest BCUT2D eigenvalue weighted by Gasteiger charge is -2.21. The zero-order valence-electron chi connectivity index (χ0n) is 57.2. The van der Waals surface area contributed by atoms with Crippen LogP contribution in [-0.4, -0.2) is 70.4 Å². The number of carbonyl (C=O) groups is 4. The highest BCUT2D eigenvalue weighted by Gasteiger charge is 2.27. The molecule has 5 aromatic carbocycles. The third-order valence-electron chi connectivity index (χ3n) is 16.0. The zero-order valence-corrected chi connectivity index (χ0v) is 57.2. The number of anilines is 7. The lowest BCUT2D eigenvalue weighted by molar-refractivity contribution is 0.101. The predicted octanol–water partition coefficient (Wildman–Crippen LogP) is 18.8. The van der Waals surface area contributed by atoms with Gasteiger partial charge in [-0.15, -0.1) is 0 Å². The van der Waals surface area contributed by atoms with Gasteiger partial charge >= 0.3 is 0 Å². The van der Waals surface area contributed by atoms with E-state index in [0.29, 0.717) is 85.5 Å². The Hall–Kier alpha value is -8.02. The summed E-state index contributed by atoms with van der Waals surface area (Å²) in [5, 5.41) is 12.1. The van der Waals surface area contributed by atoms with Crippen LogP contribution >= 0.6 is 0 Å². The van der Waals surface area contributed by atoms with Crippen LogP contribution in [-0.2, 0) is 0 Å². The Morgan fingerprint density at radius 3 is 0.828 bits per heavy atom. The molecule has 0 heterocycles. The molecule has 0 aliphatic carbocycles. The van der Waals surface area contributed by atoms with E-state index in [2.05, 4.69) is 62.8 Å². The van der Waals surface area contributed by atoms with Crippen molar-refractivity contribution in [2.75, 3.05) is 85.2 Å². The van der Waals surface area contributed by atoms with E-state index in [1.807, 2.05) is 0 Å². The van der Waals surface area contributed by atoms with Crippen LogP contribution in [0.3, 0.4) is 0 Å². The van der Waals surface area contributed by atoms with Crippen molar-refractivity contribution in [2.45, 2.75) is 221 Å². The Balaban J connectivity index is 1.58. The van der Waals surface area contributed by atoms with E-state index in [1.54, 1.807) is 60.7 Å².